The Balaban J connectivity index is 0.978. The highest BCUT2D eigenvalue weighted by Gasteiger charge is 2.61. The molecule has 0 aromatic rings. The van der Waals surface area contributed by atoms with Crippen molar-refractivity contribution in [2.45, 2.75) is 346 Å². The van der Waals surface area contributed by atoms with E-state index in [1.165, 1.54) is 27.7 Å². The summed E-state index contributed by atoms with van der Waals surface area (Å²) in [6, 6.07) is -5.50. The van der Waals surface area contributed by atoms with Gasteiger partial charge in [-0.05, 0) is 5.92 Å². The molecule has 10 aliphatic rings. The normalized spacial score (nSPS) is 48.2. The van der Waals surface area contributed by atoms with E-state index in [4.69, 9.17) is 105 Å². The maximum absolute atomic E-state index is 13.1. The number of aliphatic hydroxyl groups excluding tert-OH is 22. The van der Waals surface area contributed by atoms with Crippen LogP contribution in [-0.4, -0.2) is 484 Å². The number of ether oxygens (including phenoxy) is 20. The van der Waals surface area contributed by atoms with Gasteiger partial charge in [-0.15, -0.1) is 0 Å². The van der Waals surface area contributed by atoms with Crippen LogP contribution in [0.3, 0.4) is 0 Å². The molecule has 0 aromatic carbocycles. The largest absolute Gasteiger partial charge is 0.463 e. The molecule has 0 bridgehead atoms. The van der Waals surface area contributed by atoms with Crippen LogP contribution in [0.25, 0.3) is 0 Å². The quantitative estimate of drug-likeness (QED) is 0.0162. The molecule has 0 spiro atoms. The standard InChI is InChI=1S/C75H125N3O49/c1-21-22(2)58(109-30(10)90)73(117-38(21)18-106-29(9)89)123-59-35(15-83)114-68(25(5)46(59)93)125-64-45(92)23(3)39(19-107-67-24(4)44(91)47(94)31(11-79)111-67)118-75(64)127-108-20-40-50(97)63(57(104)72(119-40)122-62-37(17-85)115-69(42(52(62)99)77-27(7)87)120-60-34(14-82)110-66(105)41(51(60)98)76-26(6)86)124-74-65(55(102)49(96)33(13-81)113-74)126-70-43(78-28(8)88)53(100)61(36(16-84)116-70)121-71-56(103)54(101)48(95)32(12-80)112-71/h21-25,31-75,79-85,91-105H,11-20H2,1-10H3,(H,76,86)(H,77,87)(H,78,88)/t21-,22+,23-,24?,25?,31?,32?,33?,34?,35?,36?,37?,38?,39?,40?,41?,42?,43?,44-,45+,46-,47-,48+,49-,50-,51-,52-,53-,54+,55+,56?,57?,58?,59-,60-,61-,62-,63+,64?,65?,66-,67-,68+,69+,70+,71+,72+,73+,74-,75+/m1/s1. The molecule has 0 radical (unpaired) electrons. The van der Waals surface area contributed by atoms with E-state index in [1.54, 1.807) is 13.8 Å². The molecule has 10 fully saturated rings. The maximum Gasteiger partial charge on any atom is 0.303 e. The molecule has 10 rings (SSSR count). The van der Waals surface area contributed by atoms with Gasteiger partial charge in [-0.3, -0.25) is 24.0 Å². The average molecular weight is 1850 g/mol. The van der Waals surface area contributed by atoms with Crippen molar-refractivity contribution in [1.29, 1.82) is 0 Å². The third-order valence-corrected chi connectivity index (χ3v) is 24.5. The first kappa shape index (κ1) is 105. The summed E-state index contributed by atoms with van der Waals surface area (Å²) in [5, 5.41) is 255. The van der Waals surface area contributed by atoms with Crippen molar-refractivity contribution < 1.29 is 241 Å². The molecule has 0 aliphatic carbocycles. The Kier molecular flexibility index (Phi) is 38.2. The van der Waals surface area contributed by atoms with E-state index in [0.29, 0.717) is 0 Å². The minimum atomic E-state index is -2.55. The van der Waals surface area contributed by atoms with Gasteiger partial charge >= 0.3 is 11.9 Å². The summed E-state index contributed by atoms with van der Waals surface area (Å²) in [5.41, 5.74) is 0. The number of carbonyl (C=O) groups is 5. The number of nitrogens with one attached hydrogen (secondary N) is 3. The van der Waals surface area contributed by atoms with Crippen molar-refractivity contribution in [2.75, 3.05) is 66.1 Å². The highest BCUT2D eigenvalue weighted by atomic mass is 17.2. The van der Waals surface area contributed by atoms with Gasteiger partial charge in [0, 0.05) is 58.3 Å². The van der Waals surface area contributed by atoms with E-state index >= 15 is 0 Å². The van der Waals surface area contributed by atoms with Crippen LogP contribution in [0.4, 0.5) is 0 Å². The first-order chi connectivity index (χ1) is 60.1. The fourth-order valence-corrected chi connectivity index (χ4v) is 16.9. The van der Waals surface area contributed by atoms with E-state index < -0.39 is 395 Å². The van der Waals surface area contributed by atoms with E-state index in [-0.39, 0.29) is 6.61 Å². The van der Waals surface area contributed by atoms with Crippen molar-refractivity contribution in [1.82, 2.24) is 16.0 Å². The van der Waals surface area contributed by atoms with E-state index in [0.717, 1.165) is 27.7 Å². The lowest BCUT2D eigenvalue weighted by Gasteiger charge is -2.51. The molecule has 0 aromatic heterocycles. The van der Waals surface area contributed by atoms with Gasteiger partial charge in [0.1, 0.15) is 190 Å². The number of hydrogen-bond donors (Lipinski definition) is 25. The second-order valence-corrected chi connectivity index (χ2v) is 33.4. The monoisotopic (exact) mass is 1850 g/mol. The Morgan fingerprint density at radius 1 is 0.260 bits per heavy atom. The van der Waals surface area contributed by atoms with Crippen LogP contribution in [0.1, 0.15) is 69.2 Å². The Hall–Kier alpha value is -4.33. The van der Waals surface area contributed by atoms with Crippen LogP contribution >= 0.6 is 0 Å². The third-order valence-electron chi connectivity index (χ3n) is 24.5. The third kappa shape index (κ3) is 24.0. The summed E-state index contributed by atoms with van der Waals surface area (Å²) in [6.07, 6.45) is -79.4. The van der Waals surface area contributed by atoms with Crippen LogP contribution in [0.15, 0.2) is 0 Å². The number of amides is 3. The molecular formula is C75H125N3O49. The Morgan fingerprint density at radius 2 is 0.622 bits per heavy atom. The molecular weight excluding hydrogens is 1730 g/mol. The molecule has 3 amide bonds. The highest BCUT2D eigenvalue weighted by molar-refractivity contribution is 5.74. The Morgan fingerprint density at radius 3 is 1.14 bits per heavy atom. The van der Waals surface area contributed by atoms with Gasteiger partial charge in [-0.1, -0.05) is 34.6 Å². The van der Waals surface area contributed by atoms with Gasteiger partial charge in [0.15, 0.2) is 62.7 Å². The predicted molar refractivity (Wildman–Crippen MR) is 400 cm³/mol. The number of esters is 2. The number of aliphatic hydroxyl groups is 22. The number of hydrogen-bond acceptors (Lipinski definition) is 49. The van der Waals surface area contributed by atoms with Crippen molar-refractivity contribution in [3.8, 4) is 0 Å². The van der Waals surface area contributed by atoms with E-state index in [2.05, 4.69) is 16.0 Å². The number of carbonyl (C=O) groups excluding carboxylic acids is 5. The van der Waals surface area contributed by atoms with Crippen LogP contribution in [0, 0.1) is 29.6 Å². The molecule has 50 atom stereocenters. The zero-order valence-electron chi connectivity index (χ0n) is 70.8. The van der Waals surface area contributed by atoms with E-state index in [9.17, 15) is 136 Å². The van der Waals surface area contributed by atoms with Gasteiger partial charge in [-0.25, -0.2) is 9.78 Å². The summed E-state index contributed by atoms with van der Waals surface area (Å²) >= 11 is 0. The Bertz CT molecular complexity index is 3440. The summed E-state index contributed by atoms with van der Waals surface area (Å²) < 4.78 is 121. The first-order valence-electron chi connectivity index (χ1n) is 41.7. The topological polar surface area (TPSA) is 770 Å². The summed E-state index contributed by atoms with van der Waals surface area (Å²) in [6.45, 7) is 3.95. The van der Waals surface area contributed by atoms with Crippen LogP contribution in [-0.2, 0) is 128 Å². The second-order valence-electron chi connectivity index (χ2n) is 33.4. The molecule has 127 heavy (non-hydrogen) atoms. The lowest BCUT2D eigenvalue weighted by Crippen LogP contribution is -2.71. The summed E-state index contributed by atoms with van der Waals surface area (Å²) in [5.74, 6) is -8.35. The zero-order chi connectivity index (χ0) is 93.5. The molecule has 10 saturated heterocycles. The van der Waals surface area contributed by atoms with Crippen molar-refractivity contribution in [3.63, 3.8) is 0 Å². The smallest absolute Gasteiger partial charge is 0.303 e. The summed E-state index contributed by atoms with van der Waals surface area (Å²) in [4.78, 5) is 74.7. The molecule has 52 nitrogen and oxygen atoms in total. The lowest BCUT2D eigenvalue weighted by molar-refractivity contribution is -0.451. The first-order valence-corrected chi connectivity index (χ1v) is 41.7. The molecule has 10 aliphatic heterocycles. The summed E-state index contributed by atoms with van der Waals surface area (Å²) in [7, 11) is 0. The van der Waals surface area contributed by atoms with Gasteiger partial charge in [-0.2, -0.15) is 0 Å². The fraction of sp³-hybridized carbons (Fsp3) is 0.933. The molecule has 25 N–H and O–H groups in total. The molecule has 734 valence electrons. The number of rotatable bonds is 34. The molecule has 20 unspecified atom stereocenters. The molecule has 0 saturated carbocycles. The van der Waals surface area contributed by atoms with Crippen molar-refractivity contribution in [3.05, 3.63) is 0 Å². The van der Waals surface area contributed by atoms with Gasteiger partial charge in [0.05, 0.1) is 83.4 Å². The van der Waals surface area contributed by atoms with Crippen molar-refractivity contribution >= 4 is 29.7 Å². The average Bonchev–Trinajstić information content (AvgIpc) is 0.764. The van der Waals surface area contributed by atoms with Gasteiger partial charge in [0.25, 0.3) is 0 Å². The minimum Gasteiger partial charge on any atom is -0.463 e. The fourth-order valence-electron chi connectivity index (χ4n) is 16.9. The van der Waals surface area contributed by atoms with Gasteiger partial charge in [0.2, 0.25) is 24.0 Å². The molecule has 52 heteroatoms. The van der Waals surface area contributed by atoms with Crippen LogP contribution in [0.2, 0.25) is 0 Å². The maximum atomic E-state index is 13.1. The minimum absolute atomic E-state index is 0.263. The highest BCUT2D eigenvalue weighted by Crippen LogP contribution is 2.43. The van der Waals surface area contributed by atoms with E-state index in [1.807, 2.05) is 0 Å². The zero-order valence-corrected chi connectivity index (χ0v) is 70.8. The van der Waals surface area contributed by atoms with Crippen LogP contribution in [0.5, 0.6) is 0 Å². The van der Waals surface area contributed by atoms with Crippen LogP contribution < -0.4 is 16.0 Å². The van der Waals surface area contributed by atoms with Gasteiger partial charge < -0.3 is 223 Å². The SMILES string of the molecule is CC(=O)NC1[C@H](OC2[C@@H](O[C@@H]3C(O)[C@H](O[C@@H]4C(CO)O[C@@H](O[C@@H]5C(CO)O[C@@H](O)C(NC(C)=O)[C@H]5O)C(NC(C)=O)[C@H]4O)OC(COO[C@@H]4OC(CO[C@@H]5OC(CO)[C@@H](O)[C@H](O)C5C)[C@@H](C)[C@H](O)C4O[C@@H]4OC(CO)[C@@H](O[C@@H]5OC(COC(C)=O)[C@H](C)[C@H](C)C5OC(C)=O)[C@H](O)C4C)[C@H]3O)OC(CO)[C@@H](O)[C@@H]2O)OC(CO)[C@@H](O[C@@H]2OC(CO)[C@H](O)[C@H](O)C2O)[C@@H]1O. The van der Waals surface area contributed by atoms with Crippen molar-refractivity contribution in [2.24, 2.45) is 29.6 Å². The predicted octanol–water partition coefficient (Wildman–Crippen LogP) is -14.9. The Labute approximate surface area is 725 Å². The lowest BCUT2D eigenvalue weighted by atomic mass is 9.83. The second kappa shape index (κ2) is 46.3. The molecule has 10 heterocycles.